The minimum atomic E-state index is -5.02. The predicted molar refractivity (Wildman–Crippen MR) is 107 cm³/mol. The second-order valence-electron chi connectivity index (χ2n) is 8.36. The molecule has 0 N–H and O–H groups in total. The van der Waals surface area contributed by atoms with Crippen molar-refractivity contribution in [1.29, 1.82) is 0 Å². The summed E-state index contributed by atoms with van der Waals surface area (Å²) >= 11 is -5.02. The number of rotatable bonds is 16. The zero-order chi connectivity index (χ0) is 22.8. The summed E-state index contributed by atoms with van der Waals surface area (Å²) in [4.78, 5) is 0. The van der Waals surface area contributed by atoms with Crippen LogP contribution in [0.5, 0.6) is 0 Å². The van der Waals surface area contributed by atoms with E-state index in [1.807, 2.05) is 55.4 Å². The number of methoxy groups -OCH3 is 4. The van der Waals surface area contributed by atoms with Crippen molar-refractivity contribution in [3.8, 4) is 0 Å². The molecule has 8 nitrogen and oxygen atoms in total. The van der Waals surface area contributed by atoms with E-state index < -0.39 is 46.9 Å². The first-order valence-corrected chi connectivity index (χ1v) is 16.2. The Kier molecular flexibility index (Phi) is 14.9. The molecule has 0 heterocycles. The van der Waals surface area contributed by atoms with Crippen LogP contribution in [0.15, 0.2) is 0 Å². The molecule has 4 atom stereocenters. The van der Waals surface area contributed by atoms with Gasteiger partial charge in [0.05, 0.1) is 0 Å². The number of ether oxygens (including phenoxy) is 4. The average molecular weight is 591 g/mol. The van der Waals surface area contributed by atoms with E-state index >= 15 is 0 Å². The van der Waals surface area contributed by atoms with Crippen molar-refractivity contribution in [3.05, 3.63) is 0 Å². The molecular formula is C20H44HfO8. The maximum atomic E-state index is 6.39. The van der Waals surface area contributed by atoms with Gasteiger partial charge in [-0.15, -0.1) is 0 Å². The van der Waals surface area contributed by atoms with Crippen LogP contribution < -0.4 is 0 Å². The van der Waals surface area contributed by atoms with Crippen molar-refractivity contribution in [3.63, 3.8) is 0 Å². The van der Waals surface area contributed by atoms with Gasteiger partial charge in [-0.2, -0.15) is 0 Å². The molecular weight excluding hydrogens is 547 g/mol. The van der Waals surface area contributed by atoms with Gasteiger partial charge in [-0.25, -0.2) is 0 Å². The summed E-state index contributed by atoms with van der Waals surface area (Å²) in [7, 11) is 6.36. The Bertz CT molecular complexity index is 342. The van der Waals surface area contributed by atoms with Gasteiger partial charge in [0.2, 0.25) is 0 Å². The third-order valence-corrected chi connectivity index (χ3v) is 11.6. The van der Waals surface area contributed by atoms with Crippen molar-refractivity contribution < 1.29 is 52.1 Å². The summed E-state index contributed by atoms with van der Waals surface area (Å²) in [6, 6.07) is 0. The van der Waals surface area contributed by atoms with Gasteiger partial charge in [0.25, 0.3) is 0 Å². The minimum absolute atomic E-state index is 0.0512. The van der Waals surface area contributed by atoms with Gasteiger partial charge in [-0.1, -0.05) is 0 Å². The predicted octanol–water partition coefficient (Wildman–Crippen LogP) is 4.38. The second kappa shape index (κ2) is 14.6. The monoisotopic (exact) mass is 592 g/mol. The third kappa shape index (κ3) is 10.1. The van der Waals surface area contributed by atoms with Crippen molar-refractivity contribution in [2.24, 2.45) is 23.7 Å². The van der Waals surface area contributed by atoms with Gasteiger partial charge in [0.1, 0.15) is 0 Å². The van der Waals surface area contributed by atoms with Gasteiger partial charge < -0.3 is 0 Å². The normalized spacial score (nSPS) is 19.0. The fourth-order valence-corrected chi connectivity index (χ4v) is 13.1. The Hall–Kier alpha value is 0.550. The van der Waals surface area contributed by atoms with Gasteiger partial charge >= 0.3 is 185 Å². The van der Waals surface area contributed by atoms with Crippen molar-refractivity contribution in [1.82, 2.24) is 0 Å². The number of hydrogen-bond acceptors (Lipinski definition) is 8. The molecule has 0 aromatic heterocycles. The topological polar surface area (TPSA) is 73.8 Å². The Morgan fingerprint density at radius 1 is 0.379 bits per heavy atom. The van der Waals surface area contributed by atoms with Crippen LogP contribution in [0.4, 0.5) is 0 Å². The molecule has 0 aromatic rings. The first kappa shape index (κ1) is 29.6. The molecule has 4 unspecified atom stereocenters. The third-order valence-electron chi connectivity index (χ3n) is 4.15. The van der Waals surface area contributed by atoms with Crippen LogP contribution in [0.2, 0.25) is 0 Å². The van der Waals surface area contributed by atoms with Gasteiger partial charge in [0, 0.05) is 0 Å². The van der Waals surface area contributed by atoms with Gasteiger partial charge in [-0.3, -0.25) is 0 Å². The number of hydrogen-bond donors (Lipinski definition) is 0. The maximum absolute atomic E-state index is 6.39. The Morgan fingerprint density at radius 3 is 0.655 bits per heavy atom. The van der Waals surface area contributed by atoms with E-state index in [0.29, 0.717) is 0 Å². The molecule has 0 bridgehead atoms. The molecule has 176 valence electrons. The van der Waals surface area contributed by atoms with Crippen LogP contribution in [0, 0.1) is 23.7 Å². The molecule has 0 aromatic carbocycles. The summed E-state index contributed by atoms with van der Waals surface area (Å²) in [5.74, 6) is 0.205. The SMILES string of the molecule is COC([O][Hf]([O]C(OC)C(C)C)([O]C(OC)C(C)C)[O]C(OC)C(C)C)C(C)C. The van der Waals surface area contributed by atoms with Crippen LogP contribution in [0.3, 0.4) is 0 Å². The molecule has 0 spiro atoms. The standard InChI is InChI=1S/4C5H11O2.Hf/c4*1-4(2)5(6)7-3;/h4*4-5H,1-3H3;/q4*-1;+4. The summed E-state index contributed by atoms with van der Waals surface area (Å²) in [6.45, 7) is 16.0. The van der Waals surface area contributed by atoms with Crippen LogP contribution >= 0.6 is 0 Å². The van der Waals surface area contributed by atoms with Crippen molar-refractivity contribution >= 4 is 0 Å². The molecule has 9 heteroatoms. The molecule has 29 heavy (non-hydrogen) atoms. The van der Waals surface area contributed by atoms with E-state index in [2.05, 4.69) is 0 Å². The Morgan fingerprint density at radius 2 is 0.552 bits per heavy atom. The van der Waals surface area contributed by atoms with Crippen LogP contribution in [-0.4, -0.2) is 53.6 Å². The first-order valence-electron chi connectivity index (χ1n) is 10.3. The Balaban J connectivity index is 6.23. The van der Waals surface area contributed by atoms with E-state index in [-0.39, 0.29) is 23.7 Å². The molecule has 0 aliphatic heterocycles. The molecule has 0 aliphatic rings. The van der Waals surface area contributed by atoms with Crippen molar-refractivity contribution in [2.45, 2.75) is 80.6 Å². The fourth-order valence-electron chi connectivity index (χ4n) is 2.56. The second-order valence-corrected chi connectivity index (χ2v) is 15.3. The Labute approximate surface area is 184 Å². The van der Waals surface area contributed by atoms with Crippen molar-refractivity contribution in [2.75, 3.05) is 28.4 Å². The first-order chi connectivity index (χ1) is 13.5. The van der Waals surface area contributed by atoms with E-state index in [0.717, 1.165) is 0 Å². The van der Waals surface area contributed by atoms with E-state index in [4.69, 9.17) is 30.4 Å². The zero-order valence-electron chi connectivity index (χ0n) is 20.4. The summed E-state index contributed by atoms with van der Waals surface area (Å²) < 4.78 is 47.8. The fraction of sp³-hybridized carbons (Fsp3) is 1.00. The van der Waals surface area contributed by atoms with Crippen LogP contribution in [0.1, 0.15) is 55.4 Å². The molecule has 0 fully saturated rings. The van der Waals surface area contributed by atoms with Gasteiger partial charge in [-0.05, 0) is 0 Å². The molecule has 0 saturated heterocycles. The summed E-state index contributed by atoms with van der Waals surface area (Å²) in [6.07, 6.45) is -2.29. The molecule has 0 amide bonds. The van der Waals surface area contributed by atoms with E-state index in [9.17, 15) is 0 Å². The van der Waals surface area contributed by atoms with Crippen LogP contribution in [0.25, 0.3) is 0 Å². The molecule has 0 radical (unpaired) electrons. The van der Waals surface area contributed by atoms with E-state index in [1.54, 1.807) is 28.4 Å². The van der Waals surface area contributed by atoms with E-state index in [1.165, 1.54) is 0 Å². The average Bonchev–Trinajstić information content (AvgIpc) is 2.65. The van der Waals surface area contributed by atoms with Crippen LogP contribution in [-0.2, 0) is 52.1 Å². The molecule has 0 aliphatic carbocycles. The molecule has 0 rings (SSSR count). The summed E-state index contributed by atoms with van der Waals surface area (Å²) in [5.41, 5.74) is 0. The zero-order valence-corrected chi connectivity index (χ0v) is 24.0. The summed E-state index contributed by atoms with van der Waals surface area (Å²) in [5, 5.41) is 0. The molecule has 0 saturated carbocycles. The van der Waals surface area contributed by atoms with Gasteiger partial charge in [0.15, 0.2) is 0 Å². The quantitative estimate of drug-likeness (QED) is 0.194.